The van der Waals surface area contributed by atoms with E-state index < -0.39 is 0 Å². The molecule has 0 bridgehead atoms. The van der Waals surface area contributed by atoms with Crippen LogP contribution in [0.4, 0.5) is 0 Å². The van der Waals surface area contributed by atoms with Crippen LogP contribution in [0.2, 0.25) is 0 Å². The van der Waals surface area contributed by atoms with E-state index in [9.17, 15) is 4.79 Å². The Bertz CT molecular complexity index is 439. The maximum atomic E-state index is 12.5. The van der Waals surface area contributed by atoms with E-state index >= 15 is 0 Å². The van der Waals surface area contributed by atoms with Crippen LogP contribution in [0, 0.1) is 5.92 Å². The second kappa shape index (κ2) is 4.72. The van der Waals surface area contributed by atoms with Crippen LogP contribution >= 0.6 is 0 Å². The average molecular weight is 249 g/mol. The summed E-state index contributed by atoms with van der Waals surface area (Å²) in [6.07, 6.45) is 7.55. The molecule has 0 aromatic carbocycles. The first-order valence-corrected chi connectivity index (χ1v) is 6.70. The monoisotopic (exact) mass is 249 g/mol. The van der Waals surface area contributed by atoms with Crippen LogP contribution < -0.4 is 0 Å². The molecule has 1 aromatic heterocycles. The van der Waals surface area contributed by atoms with E-state index in [1.807, 2.05) is 17.4 Å². The highest BCUT2D eigenvalue weighted by molar-refractivity contribution is 5.80. The molecule has 0 saturated heterocycles. The van der Waals surface area contributed by atoms with E-state index in [-0.39, 0.29) is 18.4 Å². The van der Waals surface area contributed by atoms with Crippen molar-refractivity contribution >= 4 is 5.91 Å². The molecule has 1 N–H and O–H groups in total. The Kier molecular flexibility index (Phi) is 3.07. The van der Waals surface area contributed by atoms with E-state index in [0.29, 0.717) is 12.6 Å². The molecule has 1 saturated carbocycles. The number of carbonyl (C=O) groups is 1. The smallest absolute Gasteiger partial charge is 0.226 e. The van der Waals surface area contributed by atoms with Crippen molar-refractivity contribution in [3.05, 3.63) is 18.2 Å². The number of aryl methyl sites for hydroxylation is 1. The lowest BCUT2D eigenvalue weighted by Gasteiger charge is -2.29. The molecule has 5 heteroatoms. The number of nitrogens with zero attached hydrogens (tertiary/aromatic N) is 3. The highest BCUT2D eigenvalue weighted by Gasteiger charge is 2.36. The van der Waals surface area contributed by atoms with Crippen LogP contribution in [-0.2, 0) is 17.8 Å². The lowest BCUT2D eigenvalue weighted by molar-refractivity contribution is -0.137. The van der Waals surface area contributed by atoms with Gasteiger partial charge < -0.3 is 14.6 Å². The van der Waals surface area contributed by atoms with Crippen molar-refractivity contribution in [2.75, 3.05) is 13.2 Å². The summed E-state index contributed by atoms with van der Waals surface area (Å²) >= 11 is 0. The van der Waals surface area contributed by atoms with Gasteiger partial charge in [-0.1, -0.05) is 0 Å². The lowest BCUT2D eigenvalue weighted by Crippen LogP contribution is -2.41. The van der Waals surface area contributed by atoms with Crippen LogP contribution in [0.25, 0.3) is 0 Å². The number of carbonyl (C=O) groups excluding carboxylic acids is 1. The number of hydrogen-bond donors (Lipinski definition) is 1. The molecular formula is C13H19N3O2. The molecule has 3 rings (SSSR count). The highest BCUT2D eigenvalue weighted by Crippen LogP contribution is 2.30. The fourth-order valence-electron chi connectivity index (χ4n) is 2.78. The molecule has 1 aromatic rings. The normalized spacial score (nSPS) is 22.6. The average Bonchev–Trinajstić information content (AvgIpc) is 3.12. The van der Waals surface area contributed by atoms with Crippen LogP contribution in [0.5, 0.6) is 0 Å². The lowest BCUT2D eigenvalue weighted by atomic mass is 9.94. The zero-order valence-corrected chi connectivity index (χ0v) is 10.5. The Morgan fingerprint density at radius 3 is 3.06 bits per heavy atom. The van der Waals surface area contributed by atoms with Crippen molar-refractivity contribution in [3.8, 4) is 0 Å². The number of aliphatic hydroxyl groups is 1. The summed E-state index contributed by atoms with van der Waals surface area (Å²) in [5, 5.41) is 9.08. The third-order valence-corrected chi connectivity index (χ3v) is 3.93. The minimum atomic E-state index is 0.0624. The van der Waals surface area contributed by atoms with Crippen molar-refractivity contribution in [2.45, 2.75) is 38.3 Å². The van der Waals surface area contributed by atoms with Crippen molar-refractivity contribution in [1.82, 2.24) is 14.5 Å². The van der Waals surface area contributed by atoms with Crippen molar-refractivity contribution in [3.63, 3.8) is 0 Å². The van der Waals surface area contributed by atoms with Gasteiger partial charge in [0.15, 0.2) is 0 Å². The van der Waals surface area contributed by atoms with E-state index in [1.54, 1.807) is 0 Å². The summed E-state index contributed by atoms with van der Waals surface area (Å²) in [4.78, 5) is 18.5. The van der Waals surface area contributed by atoms with E-state index in [4.69, 9.17) is 5.11 Å². The molecule has 1 amide bonds. The maximum absolute atomic E-state index is 12.5. The summed E-state index contributed by atoms with van der Waals surface area (Å²) in [6.45, 7) is 1.43. The molecular weight excluding hydrogens is 230 g/mol. The van der Waals surface area contributed by atoms with Gasteiger partial charge in [0.2, 0.25) is 5.91 Å². The van der Waals surface area contributed by atoms with Gasteiger partial charge in [0.1, 0.15) is 0 Å². The summed E-state index contributed by atoms with van der Waals surface area (Å²) in [5.41, 5.74) is 1.15. The number of aliphatic hydroxyl groups excluding tert-OH is 1. The van der Waals surface area contributed by atoms with Gasteiger partial charge in [-0.25, -0.2) is 4.98 Å². The Balaban J connectivity index is 1.69. The molecule has 18 heavy (non-hydrogen) atoms. The van der Waals surface area contributed by atoms with E-state index in [1.165, 1.54) is 0 Å². The van der Waals surface area contributed by atoms with Gasteiger partial charge in [-0.05, 0) is 19.3 Å². The molecule has 2 heterocycles. The quantitative estimate of drug-likeness (QED) is 0.842. The third kappa shape index (κ3) is 2.14. The topological polar surface area (TPSA) is 58.4 Å². The molecule has 1 atom stereocenters. The van der Waals surface area contributed by atoms with Crippen molar-refractivity contribution in [2.24, 2.45) is 5.92 Å². The van der Waals surface area contributed by atoms with Gasteiger partial charge in [0.05, 0.1) is 12.9 Å². The Labute approximate surface area is 106 Å². The van der Waals surface area contributed by atoms with Crippen LogP contribution in [0.15, 0.2) is 12.5 Å². The van der Waals surface area contributed by atoms with Gasteiger partial charge >= 0.3 is 0 Å². The van der Waals surface area contributed by atoms with Crippen molar-refractivity contribution < 1.29 is 9.90 Å². The van der Waals surface area contributed by atoms with Crippen LogP contribution in [-0.4, -0.2) is 44.7 Å². The summed E-state index contributed by atoms with van der Waals surface area (Å²) < 4.78 is 2.12. The van der Waals surface area contributed by atoms with E-state index in [2.05, 4.69) is 9.55 Å². The largest absolute Gasteiger partial charge is 0.395 e. The molecule has 0 radical (unpaired) electrons. The second-order valence-electron chi connectivity index (χ2n) is 5.25. The van der Waals surface area contributed by atoms with Gasteiger partial charge in [-0.15, -0.1) is 0 Å². The predicted octanol–water partition coefficient (Wildman–Crippen LogP) is 0.429. The standard InChI is InChI=1S/C13H19N3O2/c17-6-5-16(11-1-2-11)13(18)10-3-4-15-9-14-8-12(15)7-10/h8-11,17H,1-7H2. The summed E-state index contributed by atoms with van der Waals surface area (Å²) in [5.74, 6) is 0.292. The van der Waals surface area contributed by atoms with Gasteiger partial charge in [0.25, 0.3) is 0 Å². The molecule has 2 aliphatic rings. The Morgan fingerprint density at radius 2 is 2.33 bits per heavy atom. The number of aromatic nitrogens is 2. The van der Waals surface area contributed by atoms with Crippen LogP contribution in [0.3, 0.4) is 0 Å². The Hall–Kier alpha value is -1.36. The maximum Gasteiger partial charge on any atom is 0.226 e. The number of amides is 1. The van der Waals surface area contributed by atoms with Crippen molar-refractivity contribution in [1.29, 1.82) is 0 Å². The highest BCUT2D eigenvalue weighted by atomic mass is 16.3. The zero-order valence-electron chi connectivity index (χ0n) is 10.5. The van der Waals surface area contributed by atoms with E-state index in [0.717, 1.165) is 37.9 Å². The molecule has 1 aliphatic carbocycles. The fraction of sp³-hybridized carbons (Fsp3) is 0.692. The first-order valence-electron chi connectivity index (χ1n) is 6.70. The number of fused-ring (bicyclic) bond motifs is 1. The van der Waals surface area contributed by atoms with Gasteiger partial charge in [-0.2, -0.15) is 0 Å². The first-order chi connectivity index (χ1) is 8.79. The predicted molar refractivity (Wildman–Crippen MR) is 65.9 cm³/mol. The second-order valence-corrected chi connectivity index (χ2v) is 5.25. The molecule has 0 spiro atoms. The summed E-state index contributed by atoms with van der Waals surface area (Å²) in [7, 11) is 0. The zero-order chi connectivity index (χ0) is 12.5. The molecule has 1 fully saturated rings. The molecule has 1 aliphatic heterocycles. The first kappa shape index (κ1) is 11.7. The molecule has 1 unspecified atom stereocenters. The SMILES string of the molecule is O=C(C1CCn2cncc2C1)N(CCO)C1CC1. The third-order valence-electron chi connectivity index (χ3n) is 3.93. The minimum absolute atomic E-state index is 0.0624. The minimum Gasteiger partial charge on any atom is -0.395 e. The van der Waals surface area contributed by atoms with Gasteiger partial charge in [0, 0.05) is 43.4 Å². The number of imidazole rings is 1. The summed E-state index contributed by atoms with van der Waals surface area (Å²) in [6, 6.07) is 0.386. The molecule has 98 valence electrons. The fourth-order valence-corrected chi connectivity index (χ4v) is 2.78. The van der Waals surface area contributed by atoms with Crippen LogP contribution in [0.1, 0.15) is 25.0 Å². The number of hydrogen-bond acceptors (Lipinski definition) is 3. The number of rotatable bonds is 4. The van der Waals surface area contributed by atoms with Gasteiger partial charge in [-0.3, -0.25) is 4.79 Å². The Morgan fingerprint density at radius 1 is 1.50 bits per heavy atom. The molecule has 5 nitrogen and oxygen atoms in total.